The number of aromatic nitrogens is 4. The van der Waals surface area contributed by atoms with Crippen molar-refractivity contribution in [3.8, 4) is 11.4 Å². The molecule has 0 amide bonds. The molecule has 0 saturated heterocycles. The maximum atomic E-state index is 6.05. The summed E-state index contributed by atoms with van der Waals surface area (Å²) in [6.07, 6.45) is 5.19. The second-order valence-electron chi connectivity index (χ2n) is 6.05. The third-order valence-electron chi connectivity index (χ3n) is 4.54. The van der Waals surface area contributed by atoms with E-state index >= 15 is 0 Å². The molecule has 21 heavy (non-hydrogen) atoms. The maximum absolute atomic E-state index is 6.05. The minimum Gasteiger partial charge on any atom is -0.399 e. The first kappa shape index (κ1) is 13.9. The van der Waals surface area contributed by atoms with E-state index in [4.69, 9.17) is 11.5 Å². The van der Waals surface area contributed by atoms with Gasteiger partial charge in [0, 0.05) is 23.5 Å². The predicted octanol–water partition coefficient (Wildman–Crippen LogP) is 2.33. The van der Waals surface area contributed by atoms with E-state index in [-0.39, 0.29) is 0 Å². The van der Waals surface area contributed by atoms with Crippen LogP contribution in [0.3, 0.4) is 0 Å². The van der Waals surface area contributed by atoms with Gasteiger partial charge in [0.1, 0.15) is 0 Å². The summed E-state index contributed by atoms with van der Waals surface area (Å²) in [5.41, 5.74) is 13.9. The lowest BCUT2D eigenvalue weighted by Crippen LogP contribution is -2.23. The van der Waals surface area contributed by atoms with Crippen LogP contribution in [0, 0.1) is 11.8 Å². The van der Waals surface area contributed by atoms with Gasteiger partial charge in [-0.2, -0.15) is 0 Å². The molecule has 1 saturated carbocycles. The van der Waals surface area contributed by atoms with E-state index in [1.165, 1.54) is 25.7 Å². The molecule has 1 aromatic heterocycles. The summed E-state index contributed by atoms with van der Waals surface area (Å²) in [6.45, 7) is 3.18. The fraction of sp³-hybridized carbons (Fsp3) is 0.533. The molecular formula is C15H22N6. The minimum atomic E-state index is 0.614. The summed E-state index contributed by atoms with van der Waals surface area (Å²) >= 11 is 0. The van der Waals surface area contributed by atoms with Crippen LogP contribution in [0.5, 0.6) is 0 Å². The second kappa shape index (κ2) is 5.71. The Morgan fingerprint density at radius 3 is 2.81 bits per heavy atom. The Balaban J connectivity index is 1.86. The molecule has 1 aromatic carbocycles. The molecule has 1 aliphatic carbocycles. The maximum Gasteiger partial charge on any atom is 0.184 e. The van der Waals surface area contributed by atoms with Gasteiger partial charge in [-0.05, 0) is 46.9 Å². The normalized spacial score (nSPS) is 22.3. The molecule has 0 radical (unpaired) electrons. The van der Waals surface area contributed by atoms with Gasteiger partial charge in [-0.25, -0.2) is 4.68 Å². The van der Waals surface area contributed by atoms with Crippen LogP contribution in [0.4, 0.5) is 11.4 Å². The fourth-order valence-electron chi connectivity index (χ4n) is 3.19. The van der Waals surface area contributed by atoms with Gasteiger partial charge < -0.3 is 11.5 Å². The third-order valence-corrected chi connectivity index (χ3v) is 4.54. The van der Waals surface area contributed by atoms with Gasteiger partial charge >= 0.3 is 0 Å². The quantitative estimate of drug-likeness (QED) is 0.844. The van der Waals surface area contributed by atoms with Crippen LogP contribution in [-0.4, -0.2) is 20.2 Å². The largest absolute Gasteiger partial charge is 0.399 e. The molecule has 3 rings (SSSR count). The molecule has 0 spiro atoms. The Hall–Kier alpha value is -2.11. The van der Waals surface area contributed by atoms with E-state index in [1.807, 2.05) is 16.8 Å². The van der Waals surface area contributed by atoms with Crippen molar-refractivity contribution in [3.63, 3.8) is 0 Å². The van der Waals surface area contributed by atoms with E-state index in [0.29, 0.717) is 17.3 Å². The lowest BCUT2D eigenvalue weighted by Gasteiger charge is -2.28. The van der Waals surface area contributed by atoms with Gasteiger partial charge in [-0.1, -0.05) is 26.2 Å². The molecule has 0 bridgehead atoms. The van der Waals surface area contributed by atoms with Crippen molar-refractivity contribution in [1.29, 1.82) is 0 Å². The first-order valence-corrected chi connectivity index (χ1v) is 7.56. The van der Waals surface area contributed by atoms with Crippen molar-refractivity contribution in [3.05, 3.63) is 18.2 Å². The number of benzene rings is 1. The highest BCUT2D eigenvalue weighted by Gasteiger charge is 2.23. The van der Waals surface area contributed by atoms with Gasteiger partial charge in [-0.15, -0.1) is 5.10 Å². The number of nitrogens with zero attached hydrogens (tertiary/aromatic N) is 4. The Labute approximate surface area is 124 Å². The van der Waals surface area contributed by atoms with E-state index < -0.39 is 0 Å². The second-order valence-corrected chi connectivity index (χ2v) is 6.05. The van der Waals surface area contributed by atoms with Gasteiger partial charge in [-0.3, -0.25) is 0 Å². The topological polar surface area (TPSA) is 95.6 Å². The summed E-state index contributed by atoms with van der Waals surface area (Å²) in [5.74, 6) is 2.08. The highest BCUT2D eigenvalue weighted by molar-refractivity contribution is 5.74. The van der Waals surface area contributed by atoms with Gasteiger partial charge in [0.2, 0.25) is 0 Å². The zero-order chi connectivity index (χ0) is 14.8. The summed E-state index contributed by atoms with van der Waals surface area (Å²) in [4.78, 5) is 0. The van der Waals surface area contributed by atoms with Gasteiger partial charge in [0.05, 0.1) is 0 Å². The van der Waals surface area contributed by atoms with Crippen LogP contribution in [0.15, 0.2) is 18.2 Å². The zero-order valence-electron chi connectivity index (χ0n) is 12.4. The van der Waals surface area contributed by atoms with E-state index in [9.17, 15) is 0 Å². The van der Waals surface area contributed by atoms with Crippen LogP contribution < -0.4 is 11.5 Å². The van der Waals surface area contributed by atoms with Crippen LogP contribution in [0.1, 0.15) is 32.6 Å². The van der Waals surface area contributed by atoms with Crippen molar-refractivity contribution in [2.24, 2.45) is 11.8 Å². The average Bonchev–Trinajstić information content (AvgIpc) is 2.89. The smallest absolute Gasteiger partial charge is 0.184 e. The van der Waals surface area contributed by atoms with Crippen molar-refractivity contribution >= 4 is 11.4 Å². The van der Waals surface area contributed by atoms with Gasteiger partial charge in [0.15, 0.2) is 5.82 Å². The number of anilines is 2. The number of hydrogen-bond donors (Lipinski definition) is 2. The molecule has 6 heteroatoms. The fourth-order valence-corrected chi connectivity index (χ4v) is 3.19. The molecule has 1 heterocycles. The number of nitrogens with two attached hydrogens (primary N) is 2. The zero-order valence-corrected chi connectivity index (χ0v) is 12.4. The summed E-state index contributed by atoms with van der Waals surface area (Å²) in [7, 11) is 0. The predicted molar refractivity (Wildman–Crippen MR) is 83.2 cm³/mol. The molecule has 2 aromatic rings. The Bertz CT molecular complexity index is 620. The number of hydrogen-bond acceptors (Lipinski definition) is 5. The highest BCUT2D eigenvalue weighted by atomic mass is 15.5. The first-order chi connectivity index (χ1) is 10.1. The molecule has 112 valence electrons. The molecule has 1 fully saturated rings. The highest BCUT2D eigenvalue weighted by Crippen LogP contribution is 2.32. The summed E-state index contributed by atoms with van der Waals surface area (Å²) in [6, 6.07) is 5.46. The van der Waals surface area contributed by atoms with Crippen molar-refractivity contribution in [2.45, 2.75) is 39.2 Å². The summed E-state index contributed by atoms with van der Waals surface area (Å²) in [5, 5.41) is 12.1. The molecule has 1 aliphatic rings. The van der Waals surface area contributed by atoms with E-state index in [1.54, 1.807) is 6.07 Å². The number of rotatable bonds is 3. The molecule has 6 nitrogen and oxygen atoms in total. The molecule has 2 unspecified atom stereocenters. The molecule has 2 atom stereocenters. The average molecular weight is 286 g/mol. The van der Waals surface area contributed by atoms with Crippen LogP contribution >= 0.6 is 0 Å². The number of tetrazole rings is 1. The molecule has 4 N–H and O–H groups in total. The van der Waals surface area contributed by atoms with Crippen molar-refractivity contribution in [2.75, 3.05) is 11.5 Å². The van der Waals surface area contributed by atoms with Crippen molar-refractivity contribution < 1.29 is 0 Å². The molecule has 0 aliphatic heterocycles. The monoisotopic (exact) mass is 286 g/mol. The van der Waals surface area contributed by atoms with Crippen LogP contribution in [0.25, 0.3) is 11.4 Å². The summed E-state index contributed by atoms with van der Waals surface area (Å²) < 4.78 is 1.88. The Morgan fingerprint density at radius 1 is 1.24 bits per heavy atom. The number of nitrogen functional groups attached to an aromatic ring is 2. The lowest BCUT2D eigenvalue weighted by atomic mass is 9.80. The van der Waals surface area contributed by atoms with Crippen LogP contribution in [0.2, 0.25) is 0 Å². The molecular weight excluding hydrogens is 264 g/mol. The Kier molecular flexibility index (Phi) is 3.77. The van der Waals surface area contributed by atoms with Crippen molar-refractivity contribution in [1.82, 2.24) is 20.2 Å². The van der Waals surface area contributed by atoms with E-state index in [2.05, 4.69) is 22.4 Å². The van der Waals surface area contributed by atoms with Gasteiger partial charge in [0.25, 0.3) is 0 Å². The first-order valence-electron chi connectivity index (χ1n) is 7.56. The minimum absolute atomic E-state index is 0.614. The SMILES string of the molecule is CC1CCCCC1Cn1nnnc1-c1ccc(N)cc1N. The standard InChI is InChI=1S/C15H22N6/c1-10-4-2-3-5-11(10)9-21-15(18-19-20-21)13-7-6-12(16)8-14(13)17/h6-8,10-11H,2-5,9,16-17H2,1H3. The van der Waals surface area contributed by atoms with Crippen LogP contribution in [-0.2, 0) is 6.54 Å². The Morgan fingerprint density at radius 2 is 2.05 bits per heavy atom. The third kappa shape index (κ3) is 2.84. The lowest BCUT2D eigenvalue weighted by molar-refractivity contribution is 0.221. The van der Waals surface area contributed by atoms with E-state index in [0.717, 1.165) is 23.9 Å².